The summed E-state index contributed by atoms with van der Waals surface area (Å²) in [4.78, 5) is 12.1. The maximum absolute atomic E-state index is 10.6. The van der Waals surface area contributed by atoms with Gasteiger partial charge < -0.3 is 10.0 Å². The fourth-order valence-corrected chi connectivity index (χ4v) is 2.59. The first-order valence-corrected chi connectivity index (χ1v) is 6.18. The second-order valence-electron chi connectivity index (χ2n) is 4.91. The van der Waals surface area contributed by atoms with Gasteiger partial charge in [0.2, 0.25) is 0 Å². The SMILES string of the molecule is CC1(O)CCCN(c2ccc([N+](=O)[O-])cc2Cl)C1. The normalized spacial score (nSPS) is 24.1. The number of piperidine rings is 1. The number of aliphatic hydroxyl groups is 1. The lowest BCUT2D eigenvalue weighted by Gasteiger charge is -2.38. The van der Waals surface area contributed by atoms with Crippen LogP contribution in [0.3, 0.4) is 0 Å². The third kappa shape index (κ3) is 2.73. The molecular weight excluding hydrogens is 256 g/mol. The molecule has 1 aliphatic rings. The van der Waals surface area contributed by atoms with Gasteiger partial charge in [0.25, 0.3) is 5.69 Å². The van der Waals surface area contributed by atoms with Crippen LogP contribution in [-0.2, 0) is 0 Å². The number of nitro benzene ring substituents is 1. The monoisotopic (exact) mass is 270 g/mol. The first-order chi connectivity index (χ1) is 8.39. The van der Waals surface area contributed by atoms with Crippen LogP contribution in [0.15, 0.2) is 18.2 Å². The van der Waals surface area contributed by atoms with Crippen molar-refractivity contribution in [1.82, 2.24) is 0 Å². The van der Waals surface area contributed by atoms with E-state index in [1.807, 2.05) is 4.90 Å². The molecule has 0 aliphatic carbocycles. The average Bonchev–Trinajstić information content (AvgIpc) is 2.27. The van der Waals surface area contributed by atoms with Crippen molar-refractivity contribution in [3.63, 3.8) is 0 Å². The molecule has 1 saturated heterocycles. The van der Waals surface area contributed by atoms with Crippen LogP contribution in [0.5, 0.6) is 0 Å². The third-order valence-corrected chi connectivity index (χ3v) is 3.46. The van der Waals surface area contributed by atoms with E-state index in [1.165, 1.54) is 12.1 Å². The van der Waals surface area contributed by atoms with E-state index in [4.69, 9.17) is 11.6 Å². The van der Waals surface area contributed by atoms with Gasteiger partial charge in [0, 0.05) is 25.2 Å². The number of rotatable bonds is 2. The minimum absolute atomic E-state index is 0.0208. The smallest absolute Gasteiger partial charge is 0.271 e. The Labute approximate surface area is 110 Å². The molecule has 0 bridgehead atoms. The molecule has 0 amide bonds. The van der Waals surface area contributed by atoms with E-state index >= 15 is 0 Å². The molecule has 1 aliphatic heterocycles. The van der Waals surface area contributed by atoms with Crippen LogP contribution in [-0.4, -0.2) is 28.7 Å². The summed E-state index contributed by atoms with van der Waals surface area (Å²) in [5.41, 5.74) is -0.0154. The third-order valence-electron chi connectivity index (χ3n) is 3.16. The summed E-state index contributed by atoms with van der Waals surface area (Å²) in [7, 11) is 0. The molecule has 18 heavy (non-hydrogen) atoms. The predicted molar refractivity (Wildman–Crippen MR) is 70.2 cm³/mol. The molecule has 6 heteroatoms. The molecule has 0 radical (unpaired) electrons. The van der Waals surface area contributed by atoms with E-state index < -0.39 is 10.5 Å². The fraction of sp³-hybridized carbons (Fsp3) is 0.500. The fourth-order valence-electron chi connectivity index (χ4n) is 2.29. The summed E-state index contributed by atoms with van der Waals surface area (Å²) in [5, 5.41) is 21.0. The molecule has 0 saturated carbocycles. The first-order valence-electron chi connectivity index (χ1n) is 5.80. The van der Waals surface area contributed by atoms with Crippen LogP contribution in [0.4, 0.5) is 11.4 Å². The molecule has 1 aromatic carbocycles. The number of halogens is 1. The lowest BCUT2D eigenvalue weighted by molar-refractivity contribution is -0.384. The number of hydrogen-bond donors (Lipinski definition) is 1. The molecule has 5 nitrogen and oxygen atoms in total. The Kier molecular flexibility index (Phi) is 3.45. The van der Waals surface area contributed by atoms with Gasteiger partial charge >= 0.3 is 0 Å². The summed E-state index contributed by atoms with van der Waals surface area (Å²) in [6.45, 7) is 3.08. The van der Waals surface area contributed by atoms with Crippen molar-refractivity contribution in [2.24, 2.45) is 0 Å². The van der Waals surface area contributed by atoms with E-state index in [0.29, 0.717) is 11.6 Å². The van der Waals surface area contributed by atoms with Gasteiger partial charge in [-0.1, -0.05) is 11.6 Å². The number of hydrogen-bond acceptors (Lipinski definition) is 4. The Morgan fingerprint density at radius 1 is 1.56 bits per heavy atom. The Morgan fingerprint density at radius 3 is 2.83 bits per heavy atom. The minimum atomic E-state index is -0.733. The Hall–Kier alpha value is -1.33. The maximum atomic E-state index is 10.6. The topological polar surface area (TPSA) is 66.6 Å². The van der Waals surface area contributed by atoms with Gasteiger partial charge in [0.05, 0.1) is 21.2 Å². The van der Waals surface area contributed by atoms with E-state index in [2.05, 4.69) is 0 Å². The molecule has 98 valence electrons. The molecule has 1 fully saturated rings. The van der Waals surface area contributed by atoms with E-state index in [-0.39, 0.29) is 5.69 Å². The van der Waals surface area contributed by atoms with E-state index in [9.17, 15) is 15.2 Å². The van der Waals surface area contributed by atoms with Crippen molar-refractivity contribution in [2.45, 2.75) is 25.4 Å². The lowest BCUT2D eigenvalue weighted by Crippen LogP contribution is -2.46. The van der Waals surface area contributed by atoms with Crippen LogP contribution in [0.2, 0.25) is 5.02 Å². The van der Waals surface area contributed by atoms with Gasteiger partial charge in [-0.05, 0) is 25.8 Å². The molecule has 1 atom stereocenters. The standard InChI is InChI=1S/C12H15ClN2O3/c1-12(16)5-2-6-14(8-12)11-4-3-9(15(17)18)7-10(11)13/h3-4,7,16H,2,5-6,8H2,1H3. The molecule has 1 aromatic rings. The van der Waals surface area contributed by atoms with Crippen molar-refractivity contribution in [2.75, 3.05) is 18.0 Å². The van der Waals surface area contributed by atoms with Gasteiger partial charge in [-0.2, -0.15) is 0 Å². The van der Waals surface area contributed by atoms with Crippen molar-refractivity contribution in [3.05, 3.63) is 33.3 Å². The summed E-state index contributed by atoms with van der Waals surface area (Å²) < 4.78 is 0. The largest absolute Gasteiger partial charge is 0.388 e. The van der Waals surface area contributed by atoms with Gasteiger partial charge in [-0.3, -0.25) is 10.1 Å². The summed E-state index contributed by atoms with van der Waals surface area (Å²) >= 11 is 6.07. The Bertz CT molecular complexity index is 476. The van der Waals surface area contributed by atoms with Gasteiger partial charge in [0.1, 0.15) is 0 Å². The quantitative estimate of drug-likeness (QED) is 0.663. The van der Waals surface area contributed by atoms with Crippen molar-refractivity contribution in [1.29, 1.82) is 0 Å². The van der Waals surface area contributed by atoms with Crippen LogP contribution < -0.4 is 4.90 Å². The summed E-state index contributed by atoms with van der Waals surface area (Å²) in [6, 6.07) is 4.42. The molecular formula is C12H15ClN2O3. The van der Waals surface area contributed by atoms with Gasteiger partial charge in [0.15, 0.2) is 0 Å². The molecule has 0 spiro atoms. The second-order valence-corrected chi connectivity index (χ2v) is 5.32. The Balaban J connectivity index is 2.26. The molecule has 2 rings (SSSR count). The summed E-state index contributed by atoms with van der Waals surface area (Å²) in [6.07, 6.45) is 1.63. The maximum Gasteiger partial charge on any atom is 0.271 e. The van der Waals surface area contributed by atoms with Gasteiger partial charge in [-0.15, -0.1) is 0 Å². The second kappa shape index (κ2) is 4.74. The average molecular weight is 271 g/mol. The van der Waals surface area contributed by atoms with Crippen LogP contribution >= 0.6 is 11.6 Å². The highest BCUT2D eigenvalue weighted by molar-refractivity contribution is 6.33. The predicted octanol–water partition coefficient (Wildman–Crippen LogP) is 2.60. The van der Waals surface area contributed by atoms with Crippen molar-refractivity contribution < 1.29 is 10.0 Å². The highest BCUT2D eigenvalue weighted by Gasteiger charge is 2.29. The highest BCUT2D eigenvalue weighted by Crippen LogP contribution is 2.33. The zero-order valence-corrected chi connectivity index (χ0v) is 10.9. The lowest BCUT2D eigenvalue weighted by atomic mass is 9.95. The zero-order chi connectivity index (χ0) is 13.3. The van der Waals surface area contributed by atoms with Crippen LogP contribution in [0, 0.1) is 10.1 Å². The number of anilines is 1. The van der Waals surface area contributed by atoms with E-state index in [1.54, 1.807) is 13.0 Å². The number of nitro groups is 1. The van der Waals surface area contributed by atoms with Crippen molar-refractivity contribution in [3.8, 4) is 0 Å². The summed E-state index contributed by atoms with van der Waals surface area (Å²) in [5.74, 6) is 0. The Morgan fingerprint density at radius 2 is 2.28 bits per heavy atom. The first kappa shape index (κ1) is 13.1. The zero-order valence-electron chi connectivity index (χ0n) is 10.1. The van der Waals surface area contributed by atoms with Crippen molar-refractivity contribution >= 4 is 23.0 Å². The molecule has 1 N–H and O–H groups in total. The van der Waals surface area contributed by atoms with Gasteiger partial charge in [-0.25, -0.2) is 0 Å². The molecule has 0 aromatic heterocycles. The number of nitrogens with zero attached hydrogens (tertiary/aromatic N) is 2. The number of benzene rings is 1. The minimum Gasteiger partial charge on any atom is -0.388 e. The molecule has 1 unspecified atom stereocenters. The number of non-ortho nitro benzene ring substituents is 1. The van der Waals surface area contributed by atoms with Crippen LogP contribution in [0.25, 0.3) is 0 Å². The number of β-amino-alcohol motifs (C(OH)–C–C–N with tert-alkyl or cyclic N) is 1. The highest BCUT2D eigenvalue weighted by atomic mass is 35.5. The van der Waals surface area contributed by atoms with Crippen LogP contribution in [0.1, 0.15) is 19.8 Å². The molecule has 1 heterocycles. The van der Waals surface area contributed by atoms with E-state index in [0.717, 1.165) is 25.1 Å².